The van der Waals surface area contributed by atoms with E-state index in [9.17, 15) is 4.79 Å². The van der Waals surface area contributed by atoms with E-state index in [1.807, 2.05) is 50.1 Å². The van der Waals surface area contributed by atoms with Crippen molar-refractivity contribution in [3.63, 3.8) is 0 Å². The fraction of sp³-hybridized carbons (Fsp3) is 0.500. The molecule has 6 heteroatoms. The Hall–Kier alpha value is -2.63. The summed E-state index contributed by atoms with van der Waals surface area (Å²) in [5, 5.41) is 9.56. The highest BCUT2D eigenvalue weighted by Crippen LogP contribution is 2.44. The van der Waals surface area contributed by atoms with Crippen LogP contribution in [0.5, 0.6) is 0 Å². The van der Waals surface area contributed by atoms with Crippen LogP contribution in [0.15, 0.2) is 31.0 Å². The Morgan fingerprint density at radius 1 is 1.25 bits per heavy atom. The maximum atomic E-state index is 12.3. The molecule has 1 spiro atoms. The van der Waals surface area contributed by atoms with Crippen LogP contribution in [0.4, 0.5) is 10.5 Å². The van der Waals surface area contributed by atoms with Crippen molar-refractivity contribution in [2.45, 2.75) is 39.2 Å². The Bertz CT molecular complexity index is 902. The molecule has 1 aromatic heterocycles. The molecule has 148 valence electrons. The minimum absolute atomic E-state index is 0.195. The molecule has 1 aromatic carbocycles. The highest BCUT2D eigenvalue weighted by Gasteiger charge is 2.46. The zero-order valence-corrected chi connectivity index (χ0v) is 16.9. The summed E-state index contributed by atoms with van der Waals surface area (Å²) >= 11 is 0. The maximum absolute atomic E-state index is 12.3. The number of piperidine rings is 1. The Morgan fingerprint density at radius 3 is 2.61 bits per heavy atom. The molecule has 0 aliphatic carbocycles. The zero-order valence-electron chi connectivity index (χ0n) is 16.9. The zero-order chi connectivity index (χ0) is 19.9. The van der Waals surface area contributed by atoms with Crippen LogP contribution in [0.25, 0.3) is 17.0 Å². The predicted octanol–water partition coefficient (Wildman–Crippen LogP) is 4.11. The van der Waals surface area contributed by atoms with E-state index in [0.29, 0.717) is 0 Å². The number of hydrogen-bond acceptors (Lipinski definition) is 5. The molecule has 4 rings (SSSR count). The van der Waals surface area contributed by atoms with Crippen molar-refractivity contribution >= 4 is 28.8 Å². The molecule has 2 saturated heterocycles. The summed E-state index contributed by atoms with van der Waals surface area (Å²) in [4.78, 5) is 16.5. The Morgan fingerprint density at radius 2 is 1.96 bits per heavy atom. The van der Waals surface area contributed by atoms with Crippen LogP contribution in [0, 0.1) is 5.41 Å². The van der Waals surface area contributed by atoms with Crippen LogP contribution in [-0.4, -0.2) is 53.0 Å². The summed E-state index contributed by atoms with van der Waals surface area (Å²) in [6.07, 6.45) is 5.54. The lowest BCUT2D eigenvalue weighted by Crippen LogP contribution is -2.61. The van der Waals surface area contributed by atoms with Crippen LogP contribution >= 0.6 is 0 Å². The normalized spacial score (nSPS) is 18.8. The maximum Gasteiger partial charge on any atom is 0.410 e. The average Bonchev–Trinajstić information content (AvgIpc) is 2.64. The van der Waals surface area contributed by atoms with Crippen molar-refractivity contribution in [1.82, 2.24) is 15.1 Å². The van der Waals surface area contributed by atoms with Crippen molar-refractivity contribution in [1.29, 1.82) is 0 Å². The number of carbonyl (C=O) groups is 1. The number of nitrogens with zero attached hydrogens (tertiary/aromatic N) is 4. The number of aromatic nitrogens is 2. The van der Waals surface area contributed by atoms with Crippen LogP contribution in [-0.2, 0) is 4.74 Å². The first kappa shape index (κ1) is 18.7. The molecule has 2 aliphatic rings. The van der Waals surface area contributed by atoms with Gasteiger partial charge in [0.15, 0.2) is 0 Å². The van der Waals surface area contributed by atoms with Gasteiger partial charge in [0.05, 0.1) is 17.4 Å². The lowest BCUT2D eigenvalue weighted by atomic mass is 9.71. The number of carbonyl (C=O) groups excluding carboxylic acids is 1. The van der Waals surface area contributed by atoms with Gasteiger partial charge in [-0.25, -0.2) is 4.79 Å². The van der Waals surface area contributed by atoms with Crippen LogP contribution < -0.4 is 4.90 Å². The van der Waals surface area contributed by atoms with Gasteiger partial charge >= 0.3 is 6.09 Å². The van der Waals surface area contributed by atoms with E-state index in [0.717, 1.165) is 61.2 Å². The van der Waals surface area contributed by atoms with Crippen LogP contribution in [0.1, 0.15) is 39.2 Å². The number of ether oxygens (including phenoxy) is 1. The van der Waals surface area contributed by atoms with Gasteiger partial charge in [0.2, 0.25) is 0 Å². The van der Waals surface area contributed by atoms with Gasteiger partial charge in [-0.2, -0.15) is 10.2 Å². The fourth-order valence-corrected chi connectivity index (χ4v) is 4.18. The lowest BCUT2D eigenvalue weighted by molar-refractivity contribution is 0.00601. The molecule has 0 N–H and O–H groups in total. The van der Waals surface area contributed by atoms with Crippen molar-refractivity contribution in [2.24, 2.45) is 5.41 Å². The van der Waals surface area contributed by atoms with E-state index in [2.05, 4.69) is 27.7 Å². The first-order chi connectivity index (χ1) is 13.3. The van der Waals surface area contributed by atoms with Gasteiger partial charge in [0.25, 0.3) is 0 Å². The molecule has 2 aromatic rings. The van der Waals surface area contributed by atoms with Crippen molar-refractivity contribution in [3.05, 3.63) is 36.5 Å². The molecule has 1 amide bonds. The monoisotopic (exact) mass is 380 g/mol. The van der Waals surface area contributed by atoms with E-state index < -0.39 is 5.60 Å². The van der Waals surface area contributed by atoms with E-state index in [4.69, 9.17) is 4.74 Å². The second-order valence-electron chi connectivity index (χ2n) is 9.03. The second-order valence-corrected chi connectivity index (χ2v) is 9.03. The van der Waals surface area contributed by atoms with Gasteiger partial charge in [-0.05, 0) is 51.3 Å². The number of anilines is 1. The highest BCUT2D eigenvalue weighted by atomic mass is 16.6. The van der Waals surface area contributed by atoms with Crippen LogP contribution in [0.3, 0.4) is 0 Å². The van der Waals surface area contributed by atoms with E-state index >= 15 is 0 Å². The number of fused-ring (bicyclic) bond motifs is 1. The molecule has 3 heterocycles. The molecule has 0 bridgehead atoms. The van der Waals surface area contributed by atoms with Gasteiger partial charge in [-0.1, -0.05) is 18.7 Å². The molecule has 28 heavy (non-hydrogen) atoms. The van der Waals surface area contributed by atoms with E-state index in [1.54, 1.807) is 0 Å². The van der Waals surface area contributed by atoms with Gasteiger partial charge in [-0.15, -0.1) is 0 Å². The minimum Gasteiger partial charge on any atom is -0.444 e. The smallest absolute Gasteiger partial charge is 0.410 e. The molecule has 0 atom stereocenters. The summed E-state index contributed by atoms with van der Waals surface area (Å²) in [5.74, 6) is 0. The van der Waals surface area contributed by atoms with Crippen LogP contribution in [0.2, 0.25) is 0 Å². The Labute approximate surface area is 166 Å². The van der Waals surface area contributed by atoms with Crippen molar-refractivity contribution in [3.8, 4) is 0 Å². The SMILES string of the molecule is C=Cc1ccc2nncc(N3CC4(CCN(C(=O)OC(C)(C)C)CC4)C3)c2c1. The summed E-state index contributed by atoms with van der Waals surface area (Å²) in [6.45, 7) is 13.1. The number of likely N-dealkylation sites (tertiary alicyclic amines) is 1. The van der Waals surface area contributed by atoms with Gasteiger partial charge in [0, 0.05) is 37.0 Å². The van der Waals surface area contributed by atoms with Gasteiger partial charge in [-0.3, -0.25) is 0 Å². The number of benzene rings is 1. The summed E-state index contributed by atoms with van der Waals surface area (Å²) < 4.78 is 5.51. The average molecular weight is 380 g/mol. The first-order valence-corrected chi connectivity index (χ1v) is 9.89. The molecule has 0 saturated carbocycles. The molecule has 0 radical (unpaired) electrons. The predicted molar refractivity (Wildman–Crippen MR) is 111 cm³/mol. The van der Waals surface area contributed by atoms with E-state index in [1.165, 1.54) is 0 Å². The molecular formula is C22H28N4O2. The molecular weight excluding hydrogens is 352 g/mol. The molecule has 2 fully saturated rings. The third kappa shape index (κ3) is 3.55. The van der Waals surface area contributed by atoms with Gasteiger partial charge in [0.1, 0.15) is 5.60 Å². The molecule has 6 nitrogen and oxygen atoms in total. The van der Waals surface area contributed by atoms with Crippen molar-refractivity contribution in [2.75, 3.05) is 31.1 Å². The second kappa shape index (κ2) is 6.76. The summed E-state index contributed by atoms with van der Waals surface area (Å²) in [6, 6.07) is 6.14. The topological polar surface area (TPSA) is 58.6 Å². The van der Waals surface area contributed by atoms with Gasteiger partial charge < -0.3 is 14.5 Å². The summed E-state index contributed by atoms with van der Waals surface area (Å²) in [5.41, 5.74) is 2.96. The quantitative estimate of drug-likeness (QED) is 0.785. The van der Waals surface area contributed by atoms with Crippen molar-refractivity contribution < 1.29 is 9.53 Å². The number of rotatable bonds is 2. The third-order valence-electron chi connectivity index (χ3n) is 5.75. The Balaban J connectivity index is 1.42. The Kier molecular flexibility index (Phi) is 4.52. The molecule has 2 aliphatic heterocycles. The largest absolute Gasteiger partial charge is 0.444 e. The minimum atomic E-state index is -0.445. The fourth-order valence-electron chi connectivity index (χ4n) is 4.18. The third-order valence-corrected chi connectivity index (χ3v) is 5.75. The summed E-state index contributed by atoms with van der Waals surface area (Å²) in [7, 11) is 0. The number of hydrogen-bond donors (Lipinski definition) is 0. The number of amides is 1. The van der Waals surface area contributed by atoms with E-state index in [-0.39, 0.29) is 11.5 Å². The highest BCUT2D eigenvalue weighted by molar-refractivity contribution is 5.92. The standard InChI is InChI=1S/C22H28N4O2/c1-5-16-6-7-18-17(12-16)19(13-23-24-18)26-14-22(15-26)8-10-25(11-9-22)20(27)28-21(2,3)4/h5-7,12-13H,1,8-11,14-15H2,2-4H3. The first-order valence-electron chi connectivity index (χ1n) is 9.89. The lowest BCUT2D eigenvalue weighted by Gasteiger charge is -2.55. The molecule has 0 unspecified atom stereocenters.